The Kier molecular flexibility index (Phi) is 7.42. The van der Waals surface area contributed by atoms with Crippen molar-refractivity contribution in [3.63, 3.8) is 0 Å². The number of carboxylic acid groups (broad SMARTS) is 1. The summed E-state index contributed by atoms with van der Waals surface area (Å²) in [5, 5.41) is 11.5. The lowest BCUT2D eigenvalue weighted by atomic mass is 9.98. The van der Waals surface area contributed by atoms with Crippen molar-refractivity contribution in [1.29, 1.82) is 0 Å². The zero-order chi connectivity index (χ0) is 24.8. The summed E-state index contributed by atoms with van der Waals surface area (Å²) in [5.41, 5.74) is 8.04. The first-order valence-electron chi connectivity index (χ1n) is 11.3. The van der Waals surface area contributed by atoms with Crippen LogP contribution in [0, 0.1) is 0 Å². The molecule has 1 unspecified atom stereocenters. The standard InChI is InChI=1S/C27H26N2O6/c1-17(26(31)32)35-29-25(30)19-12-10-18(11-13-19)14-15-28-27(33)34-16-24-22-8-4-2-6-20(22)21-7-3-5-9-23(21)24/h2-13,17,24H,14-16H2,1H3,(H,28,33)(H,29,30)(H,31,32). The summed E-state index contributed by atoms with van der Waals surface area (Å²) in [7, 11) is 0. The topological polar surface area (TPSA) is 114 Å². The van der Waals surface area contributed by atoms with Crippen LogP contribution in [0.2, 0.25) is 0 Å². The molecule has 3 aromatic carbocycles. The van der Waals surface area contributed by atoms with E-state index in [4.69, 9.17) is 14.7 Å². The number of carbonyl (C=O) groups is 3. The predicted octanol–water partition coefficient (Wildman–Crippen LogP) is 3.90. The fourth-order valence-electron chi connectivity index (χ4n) is 4.03. The van der Waals surface area contributed by atoms with Crippen molar-refractivity contribution < 1.29 is 29.1 Å². The maximum atomic E-state index is 12.3. The predicted molar refractivity (Wildman–Crippen MR) is 129 cm³/mol. The van der Waals surface area contributed by atoms with E-state index in [9.17, 15) is 14.4 Å². The zero-order valence-electron chi connectivity index (χ0n) is 19.2. The molecule has 8 heteroatoms. The minimum absolute atomic E-state index is 0.00862. The Bertz CT molecular complexity index is 1180. The van der Waals surface area contributed by atoms with E-state index in [0.717, 1.165) is 16.7 Å². The van der Waals surface area contributed by atoms with Crippen LogP contribution in [0.15, 0.2) is 72.8 Å². The molecule has 0 saturated carbocycles. The molecule has 1 aliphatic carbocycles. The third kappa shape index (κ3) is 5.67. The Hall–Kier alpha value is -4.17. The molecular weight excluding hydrogens is 448 g/mol. The average molecular weight is 475 g/mol. The molecular formula is C27H26N2O6. The first-order chi connectivity index (χ1) is 16.9. The normalized spacial score (nSPS) is 12.8. The lowest BCUT2D eigenvalue weighted by molar-refractivity contribution is -0.152. The van der Waals surface area contributed by atoms with Crippen LogP contribution in [-0.4, -0.2) is 42.3 Å². The molecule has 3 aromatic rings. The molecule has 0 aliphatic heterocycles. The van der Waals surface area contributed by atoms with Gasteiger partial charge in [-0.1, -0.05) is 60.7 Å². The minimum Gasteiger partial charge on any atom is -0.479 e. The van der Waals surface area contributed by atoms with Crippen LogP contribution < -0.4 is 10.8 Å². The fourth-order valence-corrected chi connectivity index (χ4v) is 4.03. The van der Waals surface area contributed by atoms with Gasteiger partial charge in [-0.05, 0) is 53.3 Å². The number of alkyl carbamates (subject to hydrolysis) is 1. The second-order valence-corrected chi connectivity index (χ2v) is 8.23. The Balaban J connectivity index is 1.23. The Morgan fingerprint density at radius 3 is 2.11 bits per heavy atom. The second-order valence-electron chi connectivity index (χ2n) is 8.23. The van der Waals surface area contributed by atoms with Gasteiger partial charge in [0.25, 0.3) is 5.91 Å². The number of fused-ring (bicyclic) bond motifs is 3. The highest BCUT2D eigenvalue weighted by Crippen LogP contribution is 2.44. The third-order valence-corrected chi connectivity index (χ3v) is 5.92. The van der Waals surface area contributed by atoms with Gasteiger partial charge in [-0.25, -0.2) is 15.1 Å². The highest BCUT2D eigenvalue weighted by molar-refractivity contribution is 5.93. The highest BCUT2D eigenvalue weighted by Gasteiger charge is 2.28. The summed E-state index contributed by atoms with van der Waals surface area (Å²) in [6, 6.07) is 23.1. The van der Waals surface area contributed by atoms with Crippen molar-refractivity contribution >= 4 is 18.0 Å². The van der Waals surface area contributed by atoms with Gasteiger partial charge in [-0.3, -0.25) is 9.63 Å². The molecule has 0 bridgehead atoms. The molecule has 0 aromatic heterocycles. The molecule has 1 aliphatic rings. The van der Waals surface area contributed by atoms with E-state index in [1.54, 1.807) is 24.3 Å². The summed E-state index contributed by atoms with van der Waals surface area (Å²) in [5.74, 6) is -1.71. The van der Waals surface area contributed by atoms with Gasteiger partial charge in [-0.15, -0.1) is 0 Å². The van der Waals surface area contributed by atoms with E-state index in [0.29, 0.717) is 18.5 Å². The quantitative estimate of drug-likeness (QED) is 0.405. The molecule has 35 heavy (non-hydrogen) atoms. The van der Waals surface area contributed by atoms with Crippen LogP contribution in [0.4, 0.5) is 4.79 Å². The van der Waals surface area contributed by atoms with Gasteiger partial charge in [0.05, 0.1) is 0 Å². The average Bonchev–Trinajstić information content (AvgIpc) is 3.20. The first kappa shape index (κ1) is 24.0. The number of aliphatic carboxylic acids is 1. The molecule has 2 amide bonds. The molecule has 3 N–H and O–H groups in total. The van der Waals surface area contributed by atoms with Gasteiger partial charge >= 0.3 is 12.1 Å². The molecule has 0 saturated heterocycles. The van der Waals surface area contributed by atoms with Crippen LogP contribution in [0.1, 0.15) is 39.9 Å². The number of carboxylic acids is 1. The van der Waals surface area contributed by atoms with Gasteiger partial charge in [0.2, 0.25) is 0 Å². The number of benzene rings is 3. The molecule has 0 radical (unpaired) electrons. The van der Waals surface area contributed by atoms with E-state index in [1.807, 2.05) is 24.3 Å². The number of nitrogens with one attached hydrogen (secondary N) is 2. The highest BCUT2D eigenvalue weighted by atomic mass is 16.7. The zero-order valence-corrected chi connectivity index (χ0v) is 19.2. The second kappa shape index (κ2) is 10.8. The number of carbonyl (C=O) groups excluding carboxylic acids is 2. The van der Waals surface area contributed by atoms with Crippen LogP contribution >= 0.6 is 0 Å². The molecule has 4 rings (SSSR count). The van der Waals surface area contributed by atoms with Crippen LogP contribution in [0.5, 0.6) is 0 Å². The number of hydrogen-bond acceptors (Lipinski definition) is 5. The summed E-state index contributed by atoms with van der Waals surface area (Å²) in [4.78, 5) is 39.8. The van der Waals surface area contributed by atoms with Crippen molar-refractivity contribution in [2.45, 2.75) is 25.4 Å². The first-order valence-corrected chi connectivity index (χ1v) is 11.3. The summed E-state index contributed by atoms with van der Waals surface area (Å²) >= 11 is 0. The van der Waals surface area contributed by atoms with Gasteiger partial charge in [0.15, 0.2) is 6.10 Å². The number of hydrogen-bond donors (Lipinski definition) is 3. The molecule has 180 valence electrons. The van der Waals surface area contributed by atoms with Crippen LogP contribution in [-0.2, 0) is 20.8 Å². The molecule has 1 atom stereocenters. The van der Waals surface area contributed by atoms with Crippen LogP contribution in [0.3, 0.4) is 0 Å². The Labute approximate surface area is 202 Å². The van der Waals surface area contributed by atoms with Gasteiger partial charge in [-0.2, -0.15) is 0 Å². The smallest absolute Gasteiger partial charge is 0.407 e. The van der Waals surface area contributed by atoms with E-state index < -0.39 is 24.1 Å². The van der Waals surface area contributed by atoms with E-state index in [-0.39, 0.29) is 12.5 Å². The summed E-state index contributed by atoms with van der Waals surface area (Å²) < 4.78 is 5.53. The fraction of sp³-hybridized carbons (Fsp3) is 0.222. The molecule has 0 spiro atoms. The number of hydroxylamine groups is 1. The van der Waals surface area contributed by atoms with Crippen molar-refractivity contribution in [3.05, 3.63) is 95.1 Å². The Morgan fingerprint density at radius 2 is 1.51 bits per heavy atom. The maximum absolute atomic E-state index is 12.3. The van der Waals surface area contributed by atoms with Crippen molar-refractivity contribution in [2.24, 2.45) is 0 Å². The third-order valence-electron chi connectivity index (χ3n) is 5.92. The van der Waals surface area contributed by atoms with Gasteiger partial charge < -0.3 is 15.2 Å². The molecule has 8 nitrogen and oxygen atoms in total. The lowest BCUT2D eigenvalue weighted by Gasteiger charge is -2.14. The number of ether oxygens (including phenoxy) is 1. The van der Waals surface area contributed by atoms with E-state index in [2.05, 4.69) is 35.1 Å². The van der Waals surface area contributed by atoms with Crippen molar-refractivity contribution in [1.82, 2.24) is 10.8 Å². The Morgan fingerprint density at radius 1 is 0.914 bits per heavy atom. The van der Waals surface area contributed by atoms with Gasteiger partial charge in [0, 0.05) is 18.0 Å². The molecule has 0 fully saturated rings. The SMILES string of the molecule is CC(ONC(=O)c1ccc(CCNC(=O)OCC2c3ccccc3-c3ccccc32)cc1)C(=O)O. The van der Waals surface area contributed by atoms with Crippen molar-refractivity contribution in [2.75, 3.05) is 13.2 Å². The number of amides is 2. The monoisotopic (exact) mass is 474 g/mol. The lowest BCUT2D eigenvalue weighted by Crippen LogP contribution is -2.32. The van der Waals surface area contributed by atoms with E-state index in [1.165, 1.54) is 18.1 Å². The largest absolute Gasteiger partial charge is 0.479 e. The van der Waals surface area contributed by atoms with Gasteiger partial charge in [0.1, 0.15) is 6.61 Å². The van der Waals surface area contributed by atoms with Crippen LogP contribution in [0.25, 0.3) is 11.1 Å². The maximum Gasteiger partial charge on any atom is 0.407 e. The minimum atomic E-state index is -1.18. The number of rotatable bonds is 9. The summed E-state index contributed by atoms with van der Waals surface area (Å²) in [6.45, 7) is 1.95. The molecule has 0 heterocycles. The summed E-state index contributed by atoms with van der Waals surface area (Å²) in [6.07, 6.45) is -1.08. The van der Waals surface area contributed by atoms with Crippen molar-refractivity contribution in [3.8, 4) is 11.1 Å². The van der Waals surface area contributed by atoms with E-state index >= 15 is 0 Å².